The van der Waals surface area contributed by atoms with Crippen LogP contribution in [0.4, 0.5) is 8.78 Å². The maximum Gasteiger partial charge on any atom is 0.247 e. The SMILES string of the molecule is N#Cc1ccc(CN2CCC3(CC2)CC3c2nnc(-c3cccc(F)c3)o2)c(F)c1. The van der Waals surface area contributed by atoms with Gasteiger partial charge >= 0.3 is 0 Å². The van der Waals surface area contributed by atoms with Crippen molar-refractivity contribution in [2.45, 2.75) is 31.7 Å². The molecule has 152 valence electrons. The fraction of sp³-hybridized carbons (Fsp3) is 0.348. The van der Waals surface area contributed by atoms with E-state index in [1.165, 1.54) is 18.2 Å². The van der Waals surface area contributed by atoms with Crippen molar-refractivity contribution in [1.82, 2.24) is 15.1 Å². The summed E-state index contributed by atoms with van der Waals surface area (Å²) < 4.78 is 33.5. The predicted molar refractivity (Wildman–Crippen MR) is 105 cm³/mol. The van der Waals surface area contributed by atoms with Crippen molar-refractivity contribution in [3.8, 4) is 17.5 Å². The van der Waals surface area contributed by atoms with Crippen LogP contribution in [0.3, 0.4) is 0 Å². The summed E-state index contributed by atoms with van der Waals surface area (Å²) in [4.78, 5) is 2.25. The Balaban J connectivity index is 1.21. The standard InChI is InChI=1S/C23H20F2N4O/c24-18-3-1-2-16(11-18)21-27-28-22(30-21)19-12-23(19)6-8-29(9-7-23)14-17-5-4-15(13-26)10-20(17)25/h1-5,10-11,19H,6-9,12,14H2. The Morgan fingerprint density at radius 3 is 2.70 bits per heavy atom. The molecule has 0 N–H and O–H groups in total. The lowest BCUT2D eigenvalue weighted by Crippen LogP contribution is -2.34. The van der Waals surface area contributed by atoms with E-state index in [0.29, 0.717) is 35.0 Å². The minimum atomic E-state index is -0.332. The zero-order valence-electron chi connectivity index (χ0n) is 16.3. The first kappa shape index (κ1) is 18.9. The highest BCUT2D eigenvalue weighted by Crippen LogP contribution is 2.64. The number of hydrogen-bond acceptors (Lipinski definition) is 5. The quantitative estimate of drug-likeness (QED) is 0.631. The highest BCUT2D eigenvalue weighted by Gasteiger charge is 2.58. The van der Waals surface area contributed by atoms with Crippen molar-refractivity contribution >= 4 is 0 Å². The zero-order chi connectivity index (χ0) is 20.7. The van der Waals surface area contributed by atoms with Crippen LogP contribution < -0.4 is 0 Å². The lowest BCUT2D eigenvalue weighted by Gasteiger charge is -2.32. The number of piperidine rings is 1. The fourth-order valence-corrected chi connectivity index (χ4v) is 4.51. The predicted octanol–water partition coefficient (Wildman–Crippen LogP) is 4.66. The van der Waals surface area contributed by atoms with E-state index in [9.17, 15) is 8.78 Å². The molecule has 1 atom stereocenters. The molecule has 1 aliphatic carbocycles. The molecule has 1 spiro atoms. The minimum Gasteiger partial charge on any atom is -0.420 e. The smallest absolute Gasteiger partial charge is 0.247 e. The third-order valence-corrected chi connectivity index (χ3v) is 6.43. The summed E-state index contributed by atoms with van der Waals surface area (Å²) in [5.41, 5.74) is 1.72. The molecule has 5 nitrogen and oxygen atoms in total. The molecule has 1 unspecified atom stereocenters. The van der Waals surface area contributed by atoms with Crippen molar-refractivity contribution in [2.75, 3.05) is 13.1 Å². The number of hydrogen-bond donors (Lipinski definition) is 0. The van der Waals surface area contributed by atoms with Crippen LogP contribution in [0.1, 0.15) is 42.2 Å². The molecule has 1 aliphatic heterocycles. The van der Waals surface area contributed by atoms with Gasteiger partial charge in [0.25, 0.3) is 0 Å². The van der Waals surface area contributed by atoms with Gasteiger partial charge < -0.3 is 4.42 Å². The number of aromatic nitrogens is 2. The molecular formula is C23H20F2N4O. The summed E-state index contributed by atoms with van der Waals surface area (Å²) in [6.45, 7) is 2.30. The van der Waals surface area contributed by atoms with Crippen LogP contribution >= 0.6 is 0 Å². The van der Waals surface area contributed by atoms with Crippen LogP contribution in [0.15, 0.2) is 46.9 Å². The van der Waals surface area contributed by atoms with E-state index in [1.807, 2.05) is 6.07 Å². The Labute approximate surface area is 173 Å². The second-order valence-corrected chi connectivity index (χ2v) is 8.27. The minimum absolute atomic E-state index is 0.172. The topological polar surface area (TPSA) is 66.0 Å². The second-order valence-electron chi connectivity index (χ2n) is 8.27. The molecule has 30 heavy (non-hydrogen) atoms. The van der Waals surface area contributed by atoms with Gasteiger partial charge in [-0.15, -0.1) is 10.2 Å². The fourth-order valence-electron chi connectivity index (χ4n) is 4.51. The Kier molecular flexibility index (Phi) is 4.59. The van der Waals surface area contributed by atoms with Crippen LogP contribution in [-0.4, -0.2) is 28.2 Å². The Morgan fingerprint density at radius 1 is 1.13 bits per heavy atom. The van der Waals surface area contributed by atoms with Crippen LogP contribution in [0.2, 0.25) is 0 Å². The molecule has 2 aromatic carbocycles. The van der Waals surface area contributed by atoms with Gasteiger partial charge in [0.2, 0.25) is 11.8 Å². The van der Waals surface area contributed by atoms with Gasteiger partial charge in [0.1, 0.15) is 11.6 Å². The highest BCUT2D eigenvalue weighted by molar-refractivity contribution is 5.52. The average Bonchev–Trinajstić information content (AvgIpc) is 3.22. The molecule has 7 heteroatoms. The van der Waals surface area contributed by atoms with E-state index >= 15 is 0 Å². The van der Waals surface area contributed by atoms with Gasteiger partial charge in [0.05, 0.1) is 11.6 Å². The van der Waals surface area contributed by atoms with Gasteiger partial charge in [-0.2, -0.15) is 5.26 Å². The van der Waals surface area contributed by atoms with E-state index in [2.05, 4.69) is 15.1 Å². The largest absolute Gasteiger partial charge is 0.420 e. The average molecular weight is 406 g/mol. The first-order valence-electron chi connectivity index (χ1n) is 10.1. The van der Waals surface area contributed by atoms with Gasteiger partial charge in [-0.1, -0.05) is 12.1 Å². The van der Waals surface area contributed by atoms with Crippen LogP contribution in [0.25, 0.3) is 11.5 Å². The Hall–Kier alpha value is -3.11. The molecule has 0 bridgehead atoms. The lowest BCUT2D eigenvalue weighted by molar-refractivity contribution is 0.158. The summed E-state index contributed by atoms with van der Waals surface area (Å²) in [6, 6.07) is 12.8. The van der Waals surface area contributed by atoms with Crippen LogP contribution in [0.5, 0.6) is 0 Å². The first-order chi connectivity index (χ1) is 14.6. The number of nitrogens with zero attached hydrogens (tertiary/aromatic N) is 4. The molecule has 1 saturated carbocycles. The van der Waals surface area contributed by atoms with Crippen molar-refractivity contribution in [3.05, 3.63) is 71.1 Å². The summed E-state index contributed by atoms with van der Waals surface area (Å²) in [6.07, 6.45) is 3.00. The number of likely N-dealkylation sites (tertiary alicyclic amines) is 1. The van der Waals surface area contributed by atoms with Gasteiger partial charge in [-0.05, 0) is 68.1 Å². The Morgan fingerprint density at radius 2 is 1.97 bits per heavy atom. The summed E-state index contributed by atoms with van der Waals surface area (Å²) in [7, 11) is 0. The third-order valence-electron chi connectivity index (χ3n) is 6.43. The molecule has 1 saturated heterocycles. The molecular weight excluding hydrogens is 386 g/mol. The van der Waals surface area contributed by atoms with Gasteiger partial charge in [0.15, 0.2) is 0 Å². The van der Waals surface area contributed by atoms with Crippen LogP contribution in [0, 0.1) is 28.4 Å². The maximum atomic E-state index is 14.2. The third kappa shape index (κ3) is 3.48. The van der Waals surface area contributed by atoms with Crippen LogP contribution in [-0.2, 0) is 6.54 Å². The number of benzene rings is 2. The van der Waals surface area contributed by atoms with E-state index < -0.39 is 0 Å². The van der Waals surface area contributed by atoms with E-state index in [4.69, 9.17) is 9.68 Å². The molecule has 3 aromatic rings. The second kappa shape index (κ2) is 7.29. The monoisotopic (exact) mass is 406 g/mol. The van der Waals surface area contributed by atoms with Crippen molar-refractivity contribution < 1.29 is 13.2 Å². The van der Waals surface area contributed by atoms with Crippen molar-refractivity contribution in [2.24, 2.45) is 5.41 Å². The molecule has 2 heterocycles. The molecule has 2 aliphatic rings. The highest BCUT2D eigenvalue weighted by atomic mass is 19.1. The van der Waals surface area contributed by atoms with Gasteiger partial charge in [0, 0.05) is 23.6 Å². The van der Waals surface area contributed by atoms with E-state index in [1.54, 1.807) is 24.3 Å². The maximum absolute atomic E-state index is 14.2. The van der Waals surface area contributed by atoms with E-state index in [-0.39, 0.29) is 23.0 Å². The summed E-state index contributed by atoms with van der Waals surface area (Å²) in [5, 5.41) is 17.2. The number of nitriles is 1. The first-order valence-corrected chi connectivity index (χ1v) is 10.1. The summed E-state index contributed by atoms with van der Waals surface area (Å²) >= 11 is 0. The molecule has 1 aromatic heterocycles. The Bertz CT molecular complexity index is 1130. The number of rotatable bonds is 4. The molecule has 2 fully saturated rings. The van der Waals surface area contributed by atoms with Crippen molar-refractivity contribution in [1.29, 1.82) is 5.26 Å². The molecule has 0 radical (unpaired) electrons. The summed E-state index contributed by atoms with van der Waals surface area (Å²) in [5.74, 6) is 0.554. The zero-order valence-corrected chi connectivity index (χ0v) is 16.3. The molecule has 0 amide bonds. The van der Waals surface area contributed by atoms with Gasteiger partial charge in [-0.25, -0.2) is 8.78 Å². The normalized spacial score (nSPS) is 20.2. The lowest BCUT2D eigenvalue weighted by atomic mass is 9.90. The van der Waals surface area contributed by atoms with Crippen molar-refractivity contribution in [3.63, 3.8) is 0 Å². The molecule has 5 rings (SSSR count). The van der Waals surface area contributed by atoms with E-state index in [0.717, 1.165) is 32.4 Å². The number of halogens is 2. The van der Waals surface area contributed by atoms with Gasteiger partial charge in [-0.3, -0.25) is 4.90 Å².